The van der Waals surface area contributed by atoms with Crippen LogP contribution in [-0.2, 0) is 4.79 Å². The van der Waals surface area contributed by atoms with E-state index in [2.05, 4.69) is 10.2 Å². The number of amides is 2. The van der Waals surface area contributed by atoms with Crippen LogP contribution in [0.5, 0.6) is 0 Å². The molecule has 2 rings (SSSR count). The molecule has 0 bridgehead atoms. The maximum absolute atomic E-state index is 12.1. The van der Waals surface area contributed by atoms with Crippen molar-refractivity contribution in [3.05, 3.63) is 28.2 Å². The van der Waals surface area contributed by atoms with E-state index in [0.29, 0.717) is 13.1 Å². The van der Waals surface area contributed by atoms with E-state index in [1.165, 1.54) is 17.0 Å². The Morgan fingerprint density at radius 1 is 1.33 bits per heavy atom. The minimum Gasteiger partial charge on any atom is -0.344 e. The van der Waals surface area contributed by atoms with Gasteiger partial charge in [-0.25, -0.2) is 5.10 Å². The summed E-state index contributed by atoms with van der Waals surface area (Å²) < 4.78 is 0. The summed E-state index contributed by atoms with van der Waals surface area (Å²) in [5.41, 5.74) is -0.217. The summed E-state index contributed by atoms with van der Waals surface area (Å²) in [5.74, 6) is -0.430. The molecule has 96 valence electrons. The van der Waals surface area contributed by atoms with Crippen molar-refractivity contribution < 1.29 is 9.59 Å². The molecule has 1 saturated heterocycles. The predicted molar refractivity (Wildman–Crippen MR) is 63.0 cm³/mol. The molecule has 1 aliphatic rings. The zero-order chi connectivity index (χ0) is 13.1. The Bertz CT molecular complexity index is 505. The maximum Gasteiger partial charge on any atom is 0.274 e. The number of aromatic amines is 1. The summed E-state index contributed by atoms with van der Waals surface area (Å²) in [5, 5.41) is 5.88. The lowest BCUT2D eigenvalue weighted by Gasteiger charge is -2.18. The Hall–Kier alpha value is -2.18. The van der Waals surface area contributed by atoms with E-state index in [1.54, 1.807) is 11.9 Å². The number of rotatable bonds is 1. The third-order valence-electron chi connectivity index (χ3n) is 2.86. The molecule has 18 heavy (non-hydrogen) atoms. The van der Waals surface area contributed by atoms with Gasteiger partial charge in [0.15, 0.2) is 0 Å². The van der Waals surface area contributed by atoms with Crippen molar-refractivity contribution in [1.29, 1.82) is 0 Å². The molecule has 7 heteroatoms. The molecule has 1 aliphatic heterocycles. The third kappa shape index (κ3) is 2.55. The van der Waals surface area contributed by atoms with Gasteiger partial charge in [-0.3, -0.25) is 14.4 Å². The van der Waals surface area contributed by atoms with Crippen LogP contribution in [0, 0.1) is 0 Å². The minimum atomic E-state index is -0.363. The van der Waals surface area contributed by atoms with Gasteiger partial charge in [0.2, 0.25) is 5.91 Å². The van der Waals surface area contributed by atoms with Crippen molar-refractivity contribution in [2.24, 2.45) is 0 Å². The zero-order valence-electron chi connectivity index (χ0n) is 10.0. The van der Waals surface area contributed by atoms with Crippen molar-refractivity contribution in [3.8, 4) is 0 Å². The number of nitrogens with zero attached hydrogens (tertiary/aromatic N) is 3. The van der Waals surface area contributed by atoms with Crippen LogP contribution < -0.4 is 5.56 Å². The highest BCUT2D eigenvalue weighted by Gasteiger charge is 2.24. The van der Waals surface area contributed by atoms with Gasteiger partial charge in [0.1, 0.15) is 12.2 Å². The number of H-pyrrole nitrogens is 1. The molecule has 2 amide bonds. The lowest BCUT2D eigenvalue weighted by molar-refractivity contribution is -0.129. The monoisotopic (exact) mass is 250 g/mol. The molecule has 0 saturated carbocycles. The van der Waals surface area contributed by atoms with Gasteiger partial charge in [0, 0.05) is 26.2 Å². The fourth-order valence-electron chi connectivity index (χ4n) is 1.79. The average Bonchev–Trinajstić information content (AvgIpc) is 2.52. The molecule has 1 aromatic rings. The first kappa shape index (κ1) is 12.3. The topological polar surface area (TPSA) is 86.4 Å². The SMILES string of the molecule is CN1CCCN(C(=O)c2ccc(=O)[nH]n2)CC1=O. The molecule has 1 N–H and O–H groups in total. The molecule has 2 heterocycles. The molecular weight excluding hydrogens is 236 g/mol. The summed E-state index contributed by atoms with van der Waals surface area (Å²) in [6.07, 6.45) is 0.733. The number of hydrogen-bond acceptors (Lipinski definition) is 4. The normalized spacial score (nSPS) is 16.6. The first-order chi connectivity index (χ1) is 8.58. The fourth-order valence-corrected chi connectivity index (χ4v) is 1.79. The lowest BCUT2D eigenvalue weighted by Crippen LogP contribution is -2.38. The Labute approximate surface area is 103 Å². The van der Waals surface area contributed by atoms with Gasteiger partial charge in [-0.15, -0.1) is 0 Å². The van der Waals surface area contributed by atoms with Crippen LogP contribution in [0.25, 0.3) is 0 Å². The van der Waals surface area contributed by atoms with E-state index in [0.717, 1.165) is 6.42 Å². The Kier molecular flexibility index (Phi) is 3.40. The van der Waals surface area contributed by atoms with Gasteiger partial charge in [0.05, 0.1) is 0 Å². The lowest BCUT2D eigenvalue weighted by atomic mass is 10.3. The highest BCUT2D eigenvalue weighted by Crippen LogP contribution is 2.06. The molecule has 0 aromatic carbocycles. The molecular formula is C11H14N4O3. The zero-order valence-corrected chi connectivity index (χ0v) is 10.0. The number of aromatic nitrogens is 2. The predicted octanol–water partition coefficient (Wildman–Crippen LogP) is -0.926. The van der Waals surface area contributed by atoms with Crippen molar-refractivity contribution in [3.63, 3.8) is 0 Å². The maximum atomic E-state index is 12.1. The van der Waals surface area contributed by atoms with E-state index >= 15 is 0 Å². The molecule has 0 unspecified atom stereocenters. The molecule has 0 aliphatic carbocycles. The molecule has 0 atom stereocenters. The Morgan fingerprint density at radius 2 is 2.11 bits per heavy atom. The van der Waals surface area contributed by atoms with Gasteiger partial charge in [0.25, 0.3) is 11.5 Å². The van der Waals surface area contributed by atoms with Crippen LogP contribution in [0.3, 0.4) is 0 Å². The second kappa shape index (κ2) is 4.99. The summed E-state index contributed by atoms with van der Waals surface area (Å²) in [6.45, 7) is 1.20. The van der Waals surface area contributed by atoms with E-state index in [-0.39, 0.29) is 29.6 Å². The van der Waals surface area contributed by atoms with Crippen LogP contribution in [0.1, 0.15) is 16.9 Å². The van der Waals surface area contributed by atoms with Crippen LogP contribution in [-0.4, -0.2) is 58.5 Å². The van der Waals surface area contributed by atoms with Crippen LogP contribution in [0.15, 0.2) is 16.9 Å². The molecule has 0 spiro atoms. The standard InChI is InChI=1S/C11H14N4O3/c1-14-5-2-6-15(7-10(14)17)11(18)8-3-4-9(16)13-12-8/h3-4H,2,5-7H2,1H3,(H,13,16). The molecule has 0 radical (unpaired) electrons. The number of hydrogen-bond donors (Lipinski definition) is 1. The van der Waals surface area contributed by atoms with Crippen molar-refractivity contribution in [2.75, 3.05) is 26.7 Å². The first-order valence-electron chi connectivity index (χ1n) is 5.67. The quantitative estimate of drug-likeness (QED) is 0.698. The summed E-state index contributed by atoms with van der Waals surface area (Å²) in [6, 6.07) is 2.60. The van der Waals surface area contributed by atoms with Crippen LogP contribution in [0.4, 0.5) is 0 Å². The van der Waals surface area contributed by atoms with Gasteiger partial charge in [-0.2, -0.15) is 5.10 Å². The Morgan fingerprint density at radius 3 is 2.78 bits per heavy atom. The van der Waals surface area contributed by atoms with Crippen molar-refractivity contribution in [2.45, 2.75) is 6.42 Å². The fraction of sp³-hybridized carbons (Fsp3) is 0.455. The summed E-state index contributed by atoms with van der Waals surface area (Å²) in [7, 11) is 1.72. The molecule has 1 fully saturated rings. The van der Waals surface area contributed by atoms with E-state index in [9.17, 15) is 14.4 Å². The Balaban J connectivity index is 2.15. The largest absolute Gasteiger partial charge is 0.344 e. The van der Waals surface area contributed by atoms with E-state index in [4.69, 9.17) is 0 Å². The molecule has 7 nitrogen and oxygen atoms in total. The van der Waals surface area contributed by atoms with Gasteiger partial charge in [-0.05, 0) is 12.5 Å². The number of carbonyl (C=O) groups is 2. The van der Waals surface area contributed by atoms with Crippen LogP contribution in [0.2, 0.25) is 0 Å². The van der Waals surface area contributed by atoms with Gasteiger partial charge < -0.3 is 9.80 Å². The third-order valence-corrected chi connectivity index (χ3v) is 2.86. The smallest absolute Gasteiger partial charge is 0.274 e. The average molecular weight is 250 g/mol. The van der Waals surface area contributed by atoms with Crippen molar-refractivity contribution in [1.82, 2.24) is 20.0 Å². The number of likely N-dealkylation sites (N-methyl/N-ethyl adjacent to an activating group) is 1. The second-order valence-electron chi connectivity index (χ2n) is 4.20. The van der Waals surface area contributed by atoms with E-state index in [1.807, 2.05) is 0 Å². The molecule has 1 aromatic heterocycles. The van der Waals surface area contributed by atoms with Crippen molar-refractivity contribution >= 4 is 11.8 Å². The van der Waals surface area contributed by atoms with Gasteiger partial charge >= 0.3 is 0 Å². The van der Waals surface area contributed by atoms with Gasteiger partial charge in [-0.1, -0.05) is 0 Å². The second-order valence-corrected chi connectivity index (χ2v) is 4.20. The number of carbonyl (C=O) groups excluding carboxylic acids is 2. The summed E-state index contributed by atoms with van der Waals surface area (Å²) >= 11 is 0. The first-order valence-corrected chi connectivity index (χ1v) is 5.67. The van der Waals surface area contributed by atoms with Crippen LogP contribution >= 0.6 is 0 Å². The highest BCUT2D eigenvalue weighted by atomic mass is 16.2. The summed E-state index contributed by atoms with van der Waals surface area (Å²) in [4.78, 5) is 37.7. The van der Waals surface area contributed by atoms with E-state index < -0.39 is 0 Å². The minimum absolute atomic E-state index is 0.0517. The number of nitrogens with one attached hydrogen (secondary N) is 1. The highest BCUT2D eigenvalue weighted by molar-refractivity contribution is 5.94.